The van der Waals surface area contributed by atoms with Crippen LogP contribution in [0.3, 0.4) is 0 Å². The summed E-state index contributed by atoms with van der Waals surface area (Å²) >= 11 is 0. The van der Waals surface area contributed by atoms with E-state index in [1.165, 1.54) is 30.6 Å². The van der Waals surface area contributed by atoms with Gasteiger partial charge in [0.25, 0.3) is 11.8 Å². The minimum absolute atomic E-state index is 0.186. The Morgan fingerprint density at radius 1 is 1.15 bits per heavy atom. The summed E-state index contributed by atoms with van der Waals surface area (Å²) in [4.78, 5) is 34.2. The van der Waals surface area contributed by atoms with Crippen LogP contribution >= 0.6 is 0 Å². The van der Waals surface area contributed by atoms with Crippen LogP contribution in [0.4, 0.5) is 10.1 Å². The molecule has 3 heterocycles. The number of rotatable bonds is 2. The van der Waals surface area contributed by atoms with E-state index < -0.39 is 11.7 Å². The van der Waals surface area contributed by atoms with Crippen LogP contribution < -0.4 is 11.5 Å². The number of pyridine rings is 1. The van der Waals surface area contributed by atoms with Gasteiger partial charge in [-0.15, -0.1) is 0 Å². The van der Waals surface area contributed by atoms with E-state index in [9.17, 15) is 14.0 Å². The lowest BCUT2D eigenvalue weighted by Crippen LogP contribution is -2.39. The number of nitrogens with zero attached hydrogens (tertiary/aromatic N) is 4. The Balaban J connectivity index is 1.67. The number of nitrogens with two attached hydrogens (primary N) is 2. The molecule has 1 aliphatic heterocycles. The van der Waals surface area contributed by atoms with Gasteiger partial charge in [0.1, 0.15) is 17.3 Å². The highest BCUT2D eigenvalue weighted by Crippen LogP contribution is 2.26. The second-order valence-corrected chi connectivity index (χ2v) is 6.05. The molecule has 0 fully saturated rings. The third kappa shape index (κ3) is 2.44. The van der Waals surface area contributed by atoms with Crippen molar-refractivity contribution >= 4 is 28.4 Å². The molecule has 132 valence electrons. The lowest BCUT2D eigenvalue weighted by atomic mass is 10.1. The highest BCUT2D eigenvalue weighted by atomic mass is 19.1. The van der Waals surface area contributed by atoms with Crippen molar-refractivity contribution in [3.8, 4) is 0 Å². The van der Waals surface area contributed by atoms with E-state index in [1.807, 2.05) is 0 Å². The number of imidazole rings is 1. The fourth-order valence-electron chi connectivity index (χ4n) is 3.16. The number of fused-ring (bicyclic) bond motifs is 2. The topological polar surface area (TPSA) is 120 Å². The zero-order valence-electron chi connectivity index (χ0n) is 13.6. The van der Waals surface area contributed by atoms with Crippen molar-refractivity contribution in [2.75, 3.05) is 12.3 Å². The molecule has 0 unspecified atom stereocenters. The highest BCUT2D eigenvalue weighted by Gasteiger charge is 2.27. The number of carbonyl (C=O) groups is 2. The van der Waals surface area contributed by atoms with Gasteiger partial charge in [-0.3, -0.25) is 14.6 Å². The van der Waals surface area contributed by atoms with Crippen molar-refractivity contribution in [3.05, 3.63) is 53.5 Å². The lowest BCUT2D eigenvalue weighted by Gasteiger charge is -2.28. The normalized spacial score (nSPS) is 13.7. The Labute approximate surface area is 147 Å². The SMILES string of the molecule is NC(=O)c1cnc2n1CCN(C(=O)c1cnc3ccc(F)cc3c1N)C2. The Morgan fingerprint density at radius 2 is 1.96 bits per heavy atom. The molecule has 3 aromatic rings. The second-order valence-electron chi connectivity index (χ2n) is 6.05. The van der Waals surface area contributed by atoms with Crippen LogP contribution in [-0.4, -0.2) is 37.8 Å². The van der Waals surface area contributed by atoms with E-state index in [-0.39, 0.29) is 23.7 Å². The summed E-state index contributed by atoms with van der Waals surface area (Å²) in [6, 6.07) is 4.06. The molecule has 0 spiro atoms. The maximum absolute atomic E-state index is 13.5. The zero-order chi connectivity index (χ0) is 18.4. The molecular formula is C17H15FN6O2. The number of halogens is 1. The lowest BCUT2D eigenvalue weighted by molar-refractivity contribution is 0.0707. The molecule has 4 N–H and O–H groups in total. The Kier molecular flexibility index (Phi) is 3.57. The number of aromatic nitrogens is 3. The Bertz CT molecular complexity index is 1060. The van der Waals surface area contributed by atoms with Crippen LogP contribution in [0.25, 0.3) is 10.9 Å². The molecule has 8 nitrogen and oxygen atoms in total. The van der Waals surface area contributed by atoms with Gasteiger partial charge < -0.3 is 20.9 Å². The predicted molar refractivity (Wildman–Crippen MR) is 91.6 cm³/mol. The maximum Gasteiger partial charge on any atom is 0.266 e. The number of amides is 2. The monoisotopic (exact) mass is 354 g/mol. The first-order valence-electron chi connectivity index (χ1n) is 7.93. The van der Waals surface area contributed by atoms with Crippen LogP contribution in [-0.2, 0) is 13.1 Å². The molecular weight excluding hydrogens is 339 g/mol. The predicted octanol–water partition coefficient (Wildman–Crippen LogP) is 0.907. The molecule has 0 saturated carbocycles. The summed E-state index contributed by atoms with van der Waals surface area (Å²) in [5, 5.41) is 0.394. The van der Waals surface area contributed by atoms with Gasteiger partial charge in [-0.25, -0.2) is 9.37 Å². The molecule has 0 aliphatic carbocycles. The van der Waals surface area contributed by atoms with Crippen molar-refractivity contribution in [2.24, 2.45) is 5.73 Å². The number of hydrogen-bond donors (Lipinski definition) is 2. The van der Waals surface area contributed by atoms with Crippen LogP contribution in [0, 0.1) is 5.82 Å². The highest BCUT2D eigenvalue weighted by molar-refractivity contribution is 6.06. The fraction of sp³-hybridized carbons (Fsp3) is 0.176. The zero-order valence-corrected chi connectivity index (χ0v) is 13.6. The van der Waals surface area contributed by atoms with Crippen LogP contribution in [0.1, 0.15) is 26.7 Å². The number of hydrogen-bond acceptors (Lipinski definition) is 5. The van der Waals surface area contributed by atoms with Gasteiger partial charge in [0, 0.05) is 24.7 Å². The minimum atomic E-state index is -0.562. The Morgan fingerprint density at radius 3 is 2.73 bits per heavy atom. The molecule has 2 amide bonds. The smallest absolute Gasteiger partial charge is 0.266 e. The van der Waals surface area contributed by atoms with E-state index in [4.69, 9.17) is 11.5 Å². The van der Waals surface area contributed by atoms with Crippen LogP contribution in [0.5, 0.6) is 0 Å². The molecule has 0 radical (unpaired) electrons. The largest absolute Gasteiger partial charge is 0.397 e. The average molecular weight is 354 g/mol. The molecule has 0 bridgehead atoms. The third-order valence-corrected chi connectivity index (χ3v) is 4.51. The molecule has 0 atom stereocenters. The average Bonchev–Trinajstić information content (AvgIpc) is 3.05. The number of anilines is 1. The van der Waals surface area contributed by atoms with Gasteiger partial charge >= 0.3 is 0 Å². The standard InChI is InChI=1S/C17H15FN6O2/c18-9-1-2-12-10(5-9)15(19)11(6-21-12)17(26)23-3-4-24-13(16(20)25)7-22-14(24)8-23/h1-2,5-7H,3-4,8H2,(H2,19,21)(H2,20,25). The number of primary amides is 1. The quantitative estimate of drug-likeness (QED) is 0.709. The first-order valence-corrected chi connectivity index (χ1v) is 7.93. The minimum Gasteiger partial charge on any atom is -0.397 e. The maximum atomic E-state index is 13.5. The summed E-state index contributed by atoms with van der Waals surface area (Å²) < 4.78 is 15.2. The van der Waals surface area contributed by atoms with Crippen LogP contribution in [0.2, 0.25) is 0 Å². The van der Waals surface area contributed by atoms with E-state index in [2.05, 4.69) is 9.97 Å². The molecule has 9 heteroatoms. The van der Waals surface area contributed by atoms with E-state index >= 15 is 0 Å². The van der Waals surface area contributed by atoms with E-state index in [0.717, 1.165) is 0 Å². The van der Waals surface area contributed by atoms with Gasteiger partial charge in [0.05, 0.1) is 29.5 Å². The molecule has 1 aliphatic rings. The number of nitrogen functional groups attached to an aromatic ring is 1. The Hall–Kier alpha value is -3.49. The van der Waals surface area contributed by atoms with Gasteiger partial charge in [-0.1, -0.05) is 0 Å². The summed E-state index contributed by atoms with van der Waals surface area (Å²) in [6.07, 6.45) is 2.80. The fourth-order valence-corrected chi connectivity index (χ4v) is 3.16. The summed E-state index contributed by atoms with van der Waals surface area (Å²) in [6.45, 7) is 0.977. The summed E-state index contributed by atoms with van der Waals surface area (Å²) in [5.74, 6) is -0.768. The summed E-state index contributed by atoms with van der Waals surface area (Å²) in [5.41, 5.74) is 12.6. The van der Waals surface area contributed by atoms with E-state index in [1.54, 1.807) is 9.47 Å². The molecule has 4 rings (SSSR count). The first kappa shape index (κ1) is 16.0. The van der Waals surface area contributed by atoms with Crippen molar-refractivity contribution in [3.63, 3.8) is 0 Å². The van der Waals surface area contributed by atoms with Crippen molar-refractivity contribution in [1.82, 2.24) is 19.4 Å². The molecule has 2 aromatic heterocycles. The molecule has 0 saturated heterocycles. The van der Waals surface area contributed by atoms with Gasteiger partial charge in [0.15, 0.2) is 0 Å². The van der Waals surface area contributed by atoms with Crippen LogP contribution in [0.15, 0.2) is 30.6 Å². The second kappa shape index (κ2) is 5.80. The number of benzene rings is 1. The number of carbonyl (C=O) groups excluding carboxylic acids is 2. The van der Waals surface area contributed by atoms with E-state index in [0.29, 0.717) is 35.5 Å². The first-order chi connectivity index (χ1) is 12.5. The third-order valence-electron chi connectivity index (χ3n) is 4.51. The summed E-state index contributed by atoms with van der Waals surface area (Å²) in [7, 11) is 0. The van der Waals surface area contributed by atoms with Gasteiger partial charge in [-0.2, -0.15) is 0 Å². The van der Waals surface area contributed by atoms with Crippen molar-refractivity contribution in [2.45, 2.75) is 13.1 Å². The van der Waals surface area contributed by atoms with Gasteiger partial charge in [-0.05, 0) is 18.2 Å². The van der Waals surface area contributed by atoms with Crippen molar-refractivity contribution < 1.29 is 14.0 Å². The van der Waals surface area contributed by atoms with Gasteiger partial charge in [0.2, 0.25) is 0 Å². The van der Waals surface area contributed by atoms with Crippen molar-refractivity contribution in [1.29, 1.82) is 0 Å². The molecule has 26 heavy (non-hydrogen) atoms. The molecule has 1 aromatic carbocycles.